The Morgan fingerprint density at radius 2 is 1.88 bits per heavy atom. The molecule has 1 aliphatic carbocycles. The number of likely N-dealkylation sites (tertiary alicyclic amines) is 1. The normalized spacial score (nSPS) is 24.4. The van der Waals surface area contributed by atoms with Gasteiger partial charge in [0.05, 0.1) is 0 Å². The van der Waals surface area contributed by atoms with Gasteiger partial charge in [0.1, 0.15) is 5.60 Å². The van der Waals surface area contributed by atoms with Crippen LogP contribution in [0.5, 0.6) is 0 Å². The Morgan fingerprint density at radius 3 is 2.68 bits per heavy atom. The van der Waals surface area contributed by atoms with Gasteiger partial charge in [-0.3, -0.25) is 9.88 Å². The van der Waals surface area contributed by atoms with E-state index < -0.39 is 5.60 Å². The number of pyridine rings is 1. The van der Waals surface area contributed by atoms with E-state index in [-0.39, 0.29) is 0 Å². The van der Waals surface area contributed by atoms with Gasteiger partial charge in [0.25, 0.3) is 0 Å². The van der Waals surface area contributed by atoms with E-state index in [1.807, 2.05) is 18.5 Å². The largest absolute Gasteiger partial charge is 0.384 e. The summed E-state index contributed by atoms with van der Waals surface area (Å²) in [6.07, 6.45) is 7.83. The highest BCUT2D eigenvalue weighted by Crippen LogP contribution is 2.36. The van der Waals surface area contributed by atoms with Crippen LogP contribution in [-0.4, -0.2) is 40.7 Å². The number of rotatable bonds is 5. The van der Waals surface area contributed by atoms with Gasteiger partial charge in [-0.2, -0.15) is 0 Å². The molecule has 2 heterocycles. The summed E-state index contributed by atoms with van der Waals surface area (Å²) in [5.41, 5.74) is 3.07. The number of fused-ring (bicyclic) bond motifs is 1. The minimum Gasteiger partial charge on any atom is -0.384 e. The first kappa shape index (κ1) is 16.7. The van der Waals surface area contributed by atoms with Crippen molar-refractivity contribution in [1.29, 1.82) is 0 Å². The Morgan fingerprint density at radius 1 is 1.12 bits per heavy atom. The minimum absolute atomic E-state index is 0.505. The molecular formula is C21H27N3O. The van der Waals surface area contributed by atoms with Crippen molar-refractivity contribution in [3.8, 4) is 0 Å². The molecule has 4 heteroatoms. The third-order valence-corrected chi connectivity index (χ3v) is 5.75. The Kier molecular flexibility index (Phi) is 4.84. The van der Waals surface area contributed by atoms with E-state index in [1.54, 1.807) is 0 Å². The molecule has 0 saturated carbocycles. The number of hydrogen-bond acceptors (Lipinski definition) is 4. The first-order chi connectivity index (χ1) is 12.2. The van der Waals surface area contributed by atoms with E-state index in [9.17, 15) is 5.11 Å². The summed E-state index contributed by atoms with van der Waals surface area (Å²) in [6, 6.07) is 13.0. The van der Waals surface area contributed by atoms with Crippen LogP contribution in [-0.2, 0) is 18.6 Å². The summed E-state index contributed by atoms with van der Waals surface area (Å²) in [5, 5.41) is 14.7. The van der Waals surface area contributed by atoms with E-state index in [0.29, 0.717) is 12.6 Å². The summed E-state index contributed by atoms with van der Waals surface area (Å²) in [7, 11) is 0. The molecule has 0 amide bonds. The Labute approximate surface area is 149 Å². The second-order valence-electron chi connectivity index (χ2n) is 7.48. The molecule has 4 rings (SSSR count). The predicted octanol–water partition coefficient (Wildman–Crippen LogP) is 2.47. The van der Waals surface area contributed by atoms with E-state index in [0.717, 1.165) is 50.9 Å². The Bertz CT molecular complexity index is 697. The SMILES string of the molecule is OC1(CNC2CCN(Cc3ccncc3)CC2)CCc2ccccc21. The van der Waals surface area contributed by atoms with Crippen LogP contribution >= 0.6 is 0 Å². The molecular weight excluding hydrogens is 310 g/mol. The fraction of sp³-hybridized carbons (Fsp3) is 0.476. The van der Waals surface area contributed by atoms with Crippen LogP contribution in [0.15, 0.2) is 48.8 Å². The highest BCUT2D eigenvalue weighted by atomic mass is 16.3. The lowest BCUT2D eigenvalue weighted by Gasteiger charge is -2.34. The second-order valence-corrected chi connectivity index (χ2v) is 7.48. The molecule has 1 aliphatic heterocycles. The molecule has 1 saturated heterocycles. The number of hydrogen-bond donors (Lipinski definition) is 2. The second kappa shape index (κ2) is 7.24. The molecule has 1 unspecified atom stereocenters. The molecule has 1 aromatic heterocycles. The van der Waals surface area contributed by atoms with Gasteiger partial charge < -0.3 is 10.4 Å². The maximum Gasteiger partial charge on any atom is 0.103 e. The van der Waals surface area contributed by atoms with Crippen LogP contribution in [0, 0.1) is 0 Å². The Hall–Kier alpha value is -1.75. The van der Waals surface area contributed by atoms with Crippen LogP contribution in [0.25, 0.3) is 0 Å². The minimum atomic E-state index is -0.690. The number of aromatic nitrogens is 1. The lowest BCUT2D eigenvalue weighted by Crippen LogP contribution is -2.46. The lowest BCUT2D eigenvalue weighted by molar-refractivity contribution is 0.0327. The highest BCUT2D eigenvalue weighted by Gasteiger charge is 2.36. The van der Waals surface area contributed by atoms with E-state index in [4.69, 9.17) is 0 Å². The van der Waals surface area contributed by atoms with Crippen LogP contribution in [0.1, 0.15) is 36.0 Å². The van der Waals surface area contributed by atoms with Crippen molar-refractivity contribution >= 4 is 0 Å². The average Bonchev–Trinajstić information content (AvgIpc) is 3.00. The standard InChI is InChI=1S/C21H27N3O/c25-21(10-5-18-3-1-2-4-20(18)21)16-23-19-8-13-24(14-9-19)15-17-6-11-22-12-7-17/h1-4,6-7,11-12,19,23,25H,5,8-10,13-16H2. The summed E-state index contributed by atoms with van der Waals surface area (Å²) < 4.78 is 0. The number of aliphatic hydroxyl groups is 1. The third kappa shape index (κ3) is 3.76. The zero-order valence-electron chi connectivity index (χ0n) is 14.7. The van der Waals surface area contributed by atoms with Crippen molar-refractivity contribution in [3.63, 3.8) is 0 Å². The molecule has 2 aromatic rings. The van der Waals surface area contributed by atoms with Gasteiger partial charge in [0.2, 0.25) is 0 Å². The first-order valence-electron chi connectivity index (χ1n) is 9.38. The fourth-order valence-corrected chi connectivity index (χ4v) is 4.21. The fourth-order valence-electron chi connectivity index (χ4n) is 4.21. The molecule has 2 aliphatic rings. The first-order valence-corrected chi connectivity index (χ1v) is 9.38. The summed E-state index contributed by atoms with van der Waals surface area (Å²) in [4.78, 5) is 6.59. The molecule has 4 nitrogen and oxygen atoms in total. The van der Waals surface area contributed by atoms with Gasteiger partial charge >= 0.3 is 0 Å². The van der Waals surface area contributed by atoms with Crippen molar-refractivity contribution in [2.75, 3.05) is 19.6 Å². The number of nitrogens with zero attached hydrogens (tertiary/aromatic N) is 2. The van der Waals surface area contributed by atoms with Gasteiger partial charge in [-0.15, -0.1) is 0 Å². The molecule has 2 N–H and O–H groups in total. The summed E-state index contributed by atoms with van der Waals surface area (Å²) in [5.74, 6) is 0. The molecule has 0 radical (unpaired) electrons. The topological polar surface area (TPSA) is 48.4 Å². The monoisotopic (exact) mass is 337 g/mol. The van der Waals surface area contributed by atoms with Crippen molar-refractivity contribution in [1.82, 2.24) is 15.2 Å². The van der Waals surface area contributed by atoms with Gasteiger partial charge in [-0.05, 0) is 67.6 Å². The predicted molar refractivity (Wildman–Crippen MR) is 99.2 cm³/mol. The highest BCUT2D eigenvalue weighted by molar-refractivity contribution is 5.37. The van der Waals surface area contributed by atoms with E-state index >= 15 is 0 Å². The van der Waals surface area contributed by atoms with Crippen LogP contribution in [0.4, 0.5) is 0 Å². The van der Waals surface area contributed by atoms with E-state index in [1.165, 1.54) is 11.1 Å². The third-order valence-electron chi connectivity index (χ3n) is 5.75. The smallest absolute Gasteiger partial charge is 0.103 e. The van der Waals surface area contributed by atoms with Crippen LogP contribution in [0.3, 0.4) is 0 Å². The number of piperidine rings is 1. The average molecular weight is 337 g/mol. The molecule has 132 valence electrons. The Balaban J connectivity index is 1.27. The lowest BCUT2D eigenvalue weighted by atomic mass is 9.94. The number of benzene rings is 1. The van der Waals surface area contributed by atoms with Crippen molar-refractivity contribution < 1.29 is 5.11 Å². The van der Waals surface area contributed by atoms with Crippen molar-refractivity contribution in [3.05, 3.63) is 65.5 Å². The molecule has 1 atom stereocenters. The maximum absolute atomic E-state index is 11.0. The van der Waals surface area contributed by atoms with Gasteiger partial charge in [-0.1, -0.05) is 24.3 Å². The zero-order valence-corrected chi connectivity index (χ0v) is 14.7. The van der Waals surface area contributed by atoms with Crippen molar-refractivity contribution in [2.45, 2.75) is 43.9 Å². The summed E-state index contributed by atoms with van der Waals surface area (Å²) >= 11 is 0. The number of nitrogens with one attached hydrogen (secondary N) is 1. The molecule has 1 fully saturated rings. The van der Waals surface area contributed by atoms with Crippen LogP contribution < -0.4 is 5.32 Å². The molecule has 0 spiro atoms. The van der Waals surface area contributed by atoms with Gasteiger partial charge in [0, 0.05) is 31.5 Å². The van der Waals surface area contributed by atoms with Crippen molar-refractivity contribution in [2.24, 2.45) is 0 Å². The van der Waals surface area contributed by atoms with Crippen LogP contribution in [0.2, 0.25) is 0 Å². The molecule has 1 aromatic carbocycles. The van der Waals surface area contributed by atoms with E-state index in [2.05, 4.69) is 45.5 Å². The maximum atomic E-state index is 11.0. The van der Waals surface area contributed by atoms with Gasteiger partial charge in [0.15, 0.2) is 0 Å². The molecule has 25 heavy (non-hydrogen) atoms. The molecule has 0 bridgehead atoms. The number of aryl methyl sites for hydroxylation is 1. The summed E-state index contributed by atoms with van der Waals surface area (Å²) in [6.45, 7) is 3.88. The quantitative estimate of drug-likeness (QED) is 0.880. The van der Waals surface area contributed by atoms with Gasteiger partial charge in [-0.25, -0.2) is 0 Å². The zero-order chi connectivity index (χ0) is 17.1.